The van der Waals surface area contributed by atoms with E-state index in [0.29, 0.717) is 12.2 Å². The van der Waals surface area contributed by atoms with E-state index in [9.17, 15) is 4.79 Å². The normalized spacial score (nSPS) is 10.2. The highest BCUT2D eigenvalue weighted by Gasteiger charge is 2.03. The zero-order valence-electron chi connectivity index (χ0n) is 8.55. The van der Waals surface area contributed by atoms with E-state index in [1.54, 1.807) is 18.7 Å². The first-order chi connectivity index (χ1) is 7.74. The fraction of sp³-hybridized carbons (Fsp3) is 0.222. The Labute approximate surface area is 91.7 Å². The van der Waals surface area contributed by atoms with Crippen LogP contribution in [0, 0.1) is 0 Å². The number of carbonyl (C=O) groups excluding carboxylic acids is 1. The van der Waals surface area contributed by atoms with Crippen LogP contribution in [0.15, 0.2) is 24.9 Å². The first-order valence-corrected chi connectivity index (χ1v) is 4.76. The molecule has 2 aromatic rings. The molecule has 7 nitrogen and oxygen atoms in total. The molecule has 0 spiro atoms. The van der Waals surface area contributed by atoms with E-state index < -0.39 is 0 Å². The van der Waals surface area contributed by atoms with Crippen molar-refractivity contribution in [2.24, 2.45) is 0 Å². The summed E-state index contributed by atoms with van der Waals surface area (Å²) in [5.74, 6) is -0.127. The molecular formula is C9H12N6O. The van der Waals surface area contributed by atoms with E-state index in [4.69, 9.17) is 5.73 Å². The molecular weight excluding hydrogens is 208 g/mol. The smallest absolute Gasteiger partial charge is 0.242 e. The molecule has 0 radical (unpaired) electrons. The summed E-state index contributed by atoms with van der Waals surface area (Å²) in [5.41, 5.74) is 6.88. The Morgan fingerprint density at radius 2 is 2.44 bits per heavy atom. The van der Waals surface area contributed by atoms with Gasteiger partial charge in [0.1, 0.15) is 6.54 Å². The third-order valence-electron chi connectivity index (χ3n) is 1.99. The average Bonchev–Trinajstić information content (AvgIpc) is 2.87. The number of hydrogen-bond acceptors (Lipinski definition) is 4. The molecule has 84 valence electrons. The fourth-order valence-corrected chi connectivity index (χ4v) is 1.24. The van der Waals surface area contributed by atoms with Gasteiger partial charge in [-0.05, 0) is 0 Å². The number of carbonyl (C=O) groups is 1. The quantitative estimate of drug-likeness (QED) is 0.646. The zero-order chi connectivity index (χ0) is 11.4. The molecule has 0 saturated heterocycles. The molecule has 2 aromatic heterocycles. The van der Waals surface area contributed by atoms with Gasteiger partial charge in [0, 0.05) is 12.4 Å². The van der Waals surface area contributed by atoms with E-state index in [2.05, 4.69) is 20.4 Å². The van der Waals surface area contributed by atoms with Gasteiger partial charge in [-0.3, -0.25) is 9.48 Å². The van der Waals surface area contributed by atoms with E-state index in [-0.39, 0.29) is 12.5 Å². The first kappa shape index (κ1) is 10.2. The van der Waals surface area contributed by atoms with Crippen LogP contribution in [0.4, 0.5) is 5.69 Å². The fourth-order valence-electron chi connectivity index (χ4n) is 1.24. The first-order valence-electron chi connectivity index (χ1n) is 4.76. The summed E-state index contributed by atoms with van der Waals surface area (Å²) in [6.45, 7) is 0.584. The highest BCUT2D eigenvalue weighted by Crippen LogP contribution is 1.97. The lowest BCUT2D eigenvalue weighted by molar-refractivity contribution is -0.122. The number of aromatic nitrogens is 4. The van der Waals surface area contributed by atoms with Crippen LogP contribution >= 0.6 is 0 Å². The largest absolute Gasteiger partial charge is 0.396 e. The summed E-state index contributed by atoms with van der Waals surface area (Å²) in [6, 6.07) is 0. The van der Waals surface area contributed by atoms with Gasteiger partial charge < -0.3 is 16.0 Å². The second kappa shape index (κ2) is 4.47. The molecule has 0 saturated carbocycles. The molecule has 0 unspecified atom stereocenters. The molecule has 0 bridgehead atoms. The second-order valence-electron chi connectivity index (χ2n) is 3.32. The number of H-pyrrole nitrogens is 1. The van der Waals surface area contributed by atoms with E-state index in [1.807, 2.05) is 0 Å². The summed E-state index contributed by atoms with van der Waals surface area (Å²) in [4.78, 5) is 18.2. The van der Waals surface area contributed by atoms with Crippen LogP contribution in [0.2, 0.25) is 0 Å². The number of imidazole rings is 1. The van der Waals surface area contributed by atoms with E-state index >= 15 is 0 Å². The van der Waals surface area contributed by atoms with Crippen molar-refractivity contribution in [2.75, 3.05) is 5.73 Å². The number of anilines is 1. The third-order valence-corrected chi connectivity index (χ3v) is 1.99. The van der Waals surface area contributed by atoms with E-state index in [1.165, 1.54) is 10.9 Å². The lowest BCUT2D eigenvalue weighted by atomic mass is 10.4. The lowest BCUT2D eigenvalue weighted by Crippen LogP contribution is -2.27. The van der Waals surface area contributed by atoms with Crippen molar-refractivity contribution in [3.63, 3.8) is 0 Å². The Morgan fingerprint density at radius 1 is 1.56 bits per heavy atom. The van der Waals surface area contributed by atoms with E-state index in [0.717, 1.165) is 5.69 Å². The number of hydrogen-bond donors (Lipinski definition) is 3. The number of rotatable bonds is 4. The molecule has 2 heterocycles. The van der Waals surface area contributed by atoms with Crippen LogP contribution in [0.1, 0.15) is 5.69 Å². The Bertz CT molecular complexity index is 460. The van der Waals surface area contributed by atoms with Crippen molar-refractivity contribution in [3.8, 4) is 0 Å². The zero-order valence-corrected chi connectivity index (χ0v) is 8.55. The maximum Gasteiger partial charge on any atom is 0.242 e. The van der Waals surface area contributed by atoms with Gasteiger partial charge in [0.05, 0.1) is 30.5 Å². The van der Waals surface area contributed by atoms with Crippen molar-refractivity contribution < 1.29 is 4.79 Å². The number of nitrogens with zero attached hydrogens (tertiary/aromatic N) is 3. The molecule has 1 amide bonds. The van der Waals surface area contributed by atoms with Crippen LogP contribution < -0.4 is 11.1 Å². The maximum atomic E-state index is 11.5. The monoisotopic (exact) mass is 220 g/mol. The predicted octanol–water partition coefficient (Wildman–Crippen LogP) is -0.495. The van der Waals surface area contributed by atoms with Gasteiger partial charge in [-0.15, -0.1) is 0 Å². The summed E-state index contributed by atoms with van der Waals surface area (Å²) in [7, 11) is 0. The Kier molecular flexibility index (Phi) is 2.86. The van der Waals surface area contributed by atoms with Crippen molar-refractivity contribution in [1.29, 1.82) is 0 Å². The van der Waals surface area contributed by atoms with Crippen molar-refractivity contribution >= 4 is 11.6 Å². The van der Waals surface area contributed by atoms with Gasteiger partial charge in [-0.25, -0.2) is 4.98 Å². The Hall–Kier alpha value is -2.31. The average molecular weight is 220 g/mol. The molecule has 2 rings (SSSR count). The molecule has 0 aromatic carbocycles. The van der Waals surface area contributed by atoms with Crippen LogP contribution in [-0.2, 0) is 17.9 Å². The van der Waals surface area contributed by atoms with Crippen molar-refractivity contribution in [1.82, 2.24) is 25.1 Å². The summed E-state index contributed by atoms with van der Waals surface area (Å²) >= 11 is 0. The maximum absolute atomic E-state index is 11.5. The number of nitrogens with two attached hydrogens (primary N) is 1. The molecule has 0 aliphatic heterocycles. The molecule has 7 heteroatoms. The van der Waals surface area contributed by atoms with Crippen molar-refractivity contribution in [3.05, 3.63) is 30.6 Å². The summed E-state index contributed by atoms with van der Waals surface area (Å²) < 4.78 is 1.48. The number of nitrogens with one attached hydrogen (secondary N) is 2. The van der Waals surface area contributed by atoms with Gasteiger partial charge in [0.25, 0.3) is 0 Å². The number of nitrogen functional groups attached to an aromatic ring is 1. The highest BCUT2D eigenvalue weighted by molar-refractivity contribution is 5.75. The highest BCUT2D eigenvalue weighted by atomic mass is 16.2. The van der Waals surface area contributed by atoms with Crippen molar-refractivity contribution in [2.45, 2.75) is 13.1 Å². The third kappa shape index (κ3) is 2.59. The minimum Gasteiger partial charge on any atom is -0.396 e. The van der Waals surface area contributed by atoms with Gasteiger partial charge in [-0.2, -0.15) is 5.10 Å². The van der Waals surface area contributed by atoms with Crippen LogP contribution in [-0.4, -0.2) is 25.7 Å². The topological polar surface area (TPSA) is 102 Å². The minimum absolute atomic E-state index is 0.127. The summed E-state index contributed by atoms with van der Waals surface area (Å²) in [5, 5.41) is 6.64. The van der Waals surface area contributed by atoms with Gasteiger partial charge >= 0.3 is 0 Å². The molecule has 16 heavy (non-hydrogen) atoms. The van der Waals surface area contributed by atoms with Gasteiger partial charge in [-0.1, -0.05) is 0 Å². The molecule has 0 atom stereocenters. The summed E-state index contributed by atoms with van der Waals surface area (Å²) in [6.07, 6.45) is 6.33. The van der Waals surface area contributed by atoms with Crippen LogP contribution in [0.25, 0.3) is 0 Å². The second-order valence-corrected chi connectivity index (χ2v) is 3.32. The Balaban J connectivity index is 1.81. The molecule has 0 aliphatic rings. The molecule has 0 aliphatic carbocycles. The van der Waals surface area contributed by atoms with Gasteiger partial charge in [0.2, 0.25) is 5.91 Å². The number of aromatic amines is 1. The lowest BCUT2D eigenvalue weighted by Gasteiger charge is -2.03. The standard InChI is InChI=1S/C9H12N6O/c10-7-1-14-15(4-7)5-9(16)12-3-8-2-11-6-13-8/h1-2,4,6H,3,5,10H2,(H,11,13)(H,12,16). The van der Waals surface area contributed by atoms with Crippen LogP contribution in [0.5, 0.6) is 0 Å². The SMILES string of the molecule is Nc1cnn(CC(=O)NCc2cnc[nH]2)c1. The van der Waals surface area contributed by atoms with Gasteiger partial charge in [0.15, 0.2) is 0 Å². The predicted molar refractivity (Wildman–Crippen MR) is 57.1 cm³/mol. The number of amides is 1. The van der Waals surface area contributed by atoms with Crippen LogP contribution in [0.3, 0.4) is 0 Å². The minimum atomic E-state index is -0.127. The molecule has 0 fully saturated rings. The molecule has 4 N–H and O–H groups in total. The Morgan fingerprint density at radius 3 is 3.06 bits per heavy atom.